The quantitative estimate of drug-likeness (QED) is 0.775. The van der Waals surface area contributed by atoms with Crippen molar-refractivity contribution in [2.24, 2.45) is 0 Å². The maximum Gasteiger partial charge on any atom is 0.189 e. The van der Waals surface area contributed by atoms with Gasteiger partial charge in [-0.15, -0.1) is 11.6 Å². The van der Waals surface area contributed by atoms with Crippen LogP contribution in [0.25, 0.3) is 17.0 Å². The standard InChI is InChI=1S/C12H10ClNO/c13-7-2-4-9-3-1-5-10-11(15)6-8-14-12(9)10/h1-6,8H,7H2,(H,14,15). The van der Waals surface area contributed by atoms with Crippen molar-refractivity contribution in [1.29, 1.82) is 0 Å². The average molecular weight is 220 g/mol. The van der Waals surface area contributed by atoms with Gasteiger partial charge in [0.05, 0.1) is 5.52 Å². The number of H-pyrrole nitrogens is 1. The molecule has 2 rings (SSSR count). The van der Waals surface area contributed by atoms with Crippen LogP contribution >= 0.6 is 11.6 Å². The highest BCUT2D eigenvalue weighted by atomic mass is 35.5. The number of halogens is 1. The van der Waals surface area contributed by atoms with Gasteiger partial charge in [-0.2, -0.15) is 0 Å². The van der Waals surface area contributed by atoms with Gasteiger partial charge in [0.2, 0.25) is 0 Å². The van der Waals surface area contributed by atoms with Crippen LogP contribution in [-0.2, 0) is 0 Å². The smallest absolute Gasteiger partial charge is 0.189 e. The maximum absolute atomic E-state index is 11.5. The first kappa shape index (κ1) is 9.99. The molecule has 76 valence electrons. The van der Waals surface area contributed by atoms with E-state index in [1.165, 1.54) is 6.07 Å². The van der Waals surface area contributed by atoms with Gasteiger partial charge in [0.25, 0.3) is 0 Å². The molecule has 1 aromatic heterocycles. The summed E-state index contributed by atoms with van der Waals surface area (Å²) >= 11 is 5.58. The minimum absolute atomic E-state index is 0.0323. The van der Waals surface area contributed by atoms with E-state index in [9.17, 15) is 4.79 Å². The summed E-state index contributed by atoms with van der Waals surface area (Å²) in [6, 6.07) is 7.15. The predicted molar refractivity (Wildman–Crippen MR) is 64.3 cm³/mol. The molecule has 0 radical (unpaired) electrons. The number of para-hydroxylation sites is 1. The molecule has 1 N–H and O–H groups in total. The van der Waals surface area contributed by atoms with Crippen LogP contribution in [0.3, 0.4) is 0 Å². The van der Waals surface area contributed by atoms with Crippen LogP contribution in [0.15, 0.2) is 41.3 Å². The fourth-order valence-corrected chi connectivity index (χ4v) is 1.63. The van der Waals surface area contributed by atoms with Gasteiger partial charge in [-0.25, -0.2) is 0 Å². The zero-order valence-electron chi connectivity index (χ0n) is 8.03. The Labute approximate surface area is 92.2 Å². The van der Waals surface area contributed by atoms with Crippen LogP contribution in [0.2, 0.25) is 0 Å². The van der Waals surface area contributed by atoms with E-state index in [0.717, 1.165) is 11.1 Å². The van der Waals surface area contributed by atoms with E-state index in [2.05, 4.69) is 4.98 Å². The van der Waals surface area contributed by atoms with Gasteiger partial charge in [-0.3, -0.25) is 4.79 Å². The molecule has 1 heterocycles. The van der Waals surface area contributed by atoms with E-state index in [0.29, 0.717) is 11.3 Å². The number of rotatable bonds is 2. The number of hydrogen-bond donors (Lipinski definition) is 1. The Kier molecular flexibility index (Phi) is 2.88. The van der Waals surface area contributed by atoms with Crippen molar-refractivity contribution >= 4 is 28.6 Å². The largest absolute Gasteiger partial charge is 0.360 e. The van der Waals surface area contributed by atoms with Crippen molar-refractivity contribution < 1.29 is 0 Å². The van der Waals surface area contributed by atoms with Gasteiger partial charge >= 0.3 is 0 Å². The molecule has 0 aliphatic carbocycles. The Bertz CT molecular complexity index is 557. The zero-order chi connectivity index (χ0) is 10.7. The van der Waals surface area contributed by atoms with Crippen LogP contribution < -0.4 is 5.43 Å². The van der Waals surface area contributed by atoms with Gasteiger partial charge in [-0.1, -0.05) is 24.3 Å². The molecule has 0 atom stereocenters. The number of nitrogens with one attached hydrogen (secondary N) is 1. The van der Waals surface area contributed by atoms with E-state index in [1.54, 1.807) is 6.20 Å². The zero-order valence-corrected chi connectivity index (χ0v) is 8.79. The first-order chi connectivity index (χ1) is 7.33. The molecule has 0 saturated heterocycles. The molecule has 0 bridgehead atoms. The lowest BCUT2D eigenvalue weighted by Gasteiger charge is -2.00. The van der Waals surface area contributed by atoms with E-state index in [1.807, 2.05) is 30.4 Å². The maximum atomic E-state index is 11.5. The van der Waals surface area contributed by atoms with Crippen LogP contribution in [0.4, 0.5) is 0 Å². The second kappa shape index (κ2) is 4.32. The van der Waals surface area contributed by atoms with Crippen LogP contribution in [0.5, 0.6) is 0 Å². The van der Waals surface area contributed by atoms with E-state index < -0.39 is 0 Å². The molecule has 0 fully saturated rings. The van der Waals surface area contributed by atoms with Crippen molar-refractivity contribution in [2.45, 2.75) is 0 Å². The first-order valence-electron chi connectivity index (χ1n) is 4.66. The summed E-state index contributed by atoms with van der Waals surface area (Å²) in [5.74, 6) is 0.466. The monoisotopic (exact) mass is 219 g/mol. The number of aromatic nitrogens is 1. The topological polar surface area (TPSA) is 32.9 Å². The van der Waals surface area contributed by atoms with Crippen molar-refractivity contribution in [2.75, 3.05) is 5.88 Å². The summed E-state index contributed by atoms with van der Waals surface area (Å²) in [6.45, 7) is 0. The highest BCUT2D eigenvalue weighted by Gasteiger charge is 1.99. The van der Waals surface area contributed by atoms with Crippen molar-refractivity contribution in [3.63, 3.8) is 0 Å². The molecule has 0 amide bonds. The summed E-state index contributed by atoms with van der Waals surface area (Å²) < 4.78 is 0. The number of hydrogen-bond acceptors (Lipinski definition) is 1. The first-order valence-corrected chi connectivity index (χ1v) is 5.19. The molecule has 0 aliphatic heterocycles. The average Bonchev–Trinajstić information content (AvgIpc) is 2.27. The third-order valence-electron chi connectivity index (χ3n) is 2.21. The van der Waals surface area contributed by atoms with Gasteiger partial charge in [-0.05, 0) is 11.6 Å². The van der Waals surface area contributed by atoms with Crippen molar-refractivity contribution in [1.82, 2.24) is 4.98 Å². The fraction of sp³-hybridized carbons (Fsp3) is 0.0833. The van der Waals surface area contributed by atoms with Gasteiger partial charge in [0, 0.05) is 23.5 Å². The molecule has 0 unspecified atom stereocenters. The van der Waals surface area contributed by atoms with Gasteiger partial charge in [0.1, 0.15) is 0 Å². The van der Waals surface area contributed by atoms with E-state index in [4.69, 9.17) is 11.6 Å². The second-order valence-electron chi connectivity index (χ2n) is 3.17. The third-order valence-corrected chi connectivity index (χ3v) is 2.39. The van der Waals surface area contributed by atoms with Crippen LogP contribution in [0, 0.1) is 0 Å². The second-order valence-corrected chi connectivity index (χ2v) is 3.48. The highest BCUT2D eigenvalue weighted by Crippen LogP contribution is 2.14. The van der Waals surface area contributed by atoms with E-state index >= 15 is 0 Å². The Hall–Kier alpha value is -1.54. The summed E-state index contributed by atoms with van der Waals surface area (Å²) in [4.78, 5) is 14.6. The highest BCUT2D eigenvalue weighted by molar-refractivity contribution is 6.19. The van der Waals surface area contributed by atoms with E-state index in [-0.39, 0.29) is 5.43 Å². The molecule has 0 saturated carbocycles. The molecule has 0 aliphatic rings. The number of aromatic amines is 1. The van der Waals surface area contributed by atoms with Crippen molar-refractivity contribution in [3.05, 3.63) is 52.3 Å². The number of allylic oxidation sites excluding steroid dienone is 1. The number of fused-ring (bicyclic) bond motifs is 1. The molecular formula is C12H10ClNO. The predicted octanol–water partition coefficient (Wildman–Crippen LogP) is 2.78. The Balaban J connectivity index is 2.71. The minimum Gasteiger partial charge on any atom is -0.360 e. The van der Waals surface area contributed by atoms with Crippen LogP contribution in [-0.4, -0.2) is 10.9 Å². The molecule has 2 aromatic rings. The Morgan fingerprint density at radius 2 is 2.20 bits per heavy atom. The van der Waals surface area contributed by atoms with Crippen molar-refractivity contribution in [3.8, 4) is 0 Å². The Morgan fingerprint density at radius 3 is 3.00 bits per heavy atom. The normalized spacial score (nSPS) is 11.3. The van der Waals surface area contributed by atoms with Crippen LogP contribution in [0.1, 0.15) is 5.56 Å². The fourth-order valence-electron chi connectivity index (χ4n) is 1.54. The molecular weight excluding hydrogens is 210 g/mol. The molecule has 15 heavy (non-hydrogen) atoms. The lowest BCUT2D eigenvalue weighted by molar-refractivity contribution is 1.38. The minimum atomic E-state index is 0.0323. The molecule has 2 nitrogen and oxygen atoms in total. The summed E-state index contributed by atoms with van der Waals surface area (Å²) in [5.41, 5.74) is 1.86. The lowest BCUT2D eigenvalue weighted by atomic mass is 10.1. The SMILES string of the molecule is O=c1cc[nH]c2c(C=CCCl)cccc12. The molecule has 0 spiro atoms. The molecule has 1 aromatic carbocycles. The summed E-state index contributed by atoms with van der Waals surface area (Å²) in [5, 5.41) is 0.703. The molecule has 3 heteroatoms. The third kappa shape index (κ3) is 1.95. The lowest BCUT2D eigenvalue weighted by Crippen LogP contribution is -2.00. The summed E-state index contributed by atoms with van der Waals surface area (Å²) in [6.07, 6.45) is 5.41. The van der Waals surface area contributed by atoms with Gasteiger partial charge < -0.3 is 4.98 Å². The number of pyridine rings is 1. The number of alkyl halides is 1. The van der Waals surface area contributed by atoms with Gasteiger partial charge in [0.15, 0.2) is 5.43 Å². The number of benzene rings is 1. The summed E-state index contributed by atoms with van der Waals surface area (Å²) in [7, 11) is 0. The Morgan fingerprint density at radius 1 is 1.33 bits per heavy atom.